The summed E-state index contributed by atoms with van der Waals surface area (Å²) in [5, 5.41) is 2.22. The fourth-order valence-electron chi connectivity index (χ4n) is 1.75. The molecule has 9 heteroatoms. The highest BCUT2D eigenvalue weighted by Crippen LogP contribution is 2.35. The summed E-state index contributed by atoms with van der Waals surface area (Å²) in [4.78, 5) is 6.86. The molecule has 0 fully saturated rings. The van der Waals surface area contributed by atoms with Crippen molar-refractivity contribution in [2.24, 2.45) is 0 Å². The number of halogens is 4. The highest BCUT2D eigenvalue weighted by Gasteiger charge is 2.33. The number of anilines is 2. The van der Waals surface area contributed by atoms with Gasteiger partial charge in [-0.2, -0.15) is 13.2 Å². The highest BCUT2D eigenvalue weighted by atomic mass is 35.5. The van der Waals surface area contributed by atoms with Gasteiger partial charge in [-0.05, 0) is 23.7 Å². The van der Waals surface area contributed by atoms with E-state index < -0.39 is 17.2 Å². The zero-order valence-electron chi connectivity index (χ0n) is 10.2. The topological polar surface area (TPSA) is 56.3 Å². The molecule has 1 aliphatic rings. The normalized spacial score (nSPS) is 13.3. The van der Waals surface area contributed by atoms with Gasteiger partial charge in [0.05, 0.1) is 0 Å². The SMILES string of the molecule is FC(F)(F)c1cc(Nc2ccc3c(c2)OCO3)nc(Cl)n1. The Hall–Kier alpha value is -2.22. The van der Waals surface area contributed by atoms with Gasteiger partial charge in [0, 0.05) is 17.8 Å². The maximum absolute atomic E-state index is 12.7. The molecule has 2 aromatic rings. The van der Waals surface area contributed by atoms with E-state index in [4.69, 9.17) is 21.1 Å². The molecule has 3 rings (SSSR count). The van der Waals surface area contributed by atoms with Crippen LogP contribution in [0.3, 0.4) is 0 Å². The Labute approximate surface area is 121 Å². The summed E-state index contributed by atoms with van der Waals surface area (Å²) in [6, 6.07) is 5.62. The molecule has 0 spiro atoms. The fourth-order valence-corrected chi connectivity index (χ4v) is 1.93. The van der Waals surface area contributed by atoms with E-state index in [-0.39, 0.29) is 12.6 Å². The summed E-state index contributed by atoms with van der Waals surface area (Å²) >= 11 is 5.51. The van der Waals surface area contributed by atoms with Crippen molar-refractivity contribution >= 4 is 23.1 Å². The van der Waals surface area contributed by atoms with E-state index in [9.17, 15) is 13.2 Å². The number of ether oxygens (including phenoxy) is 2. The standard InChI is InChI=1S/C12H7ClF3N3O2/c13-11-18-9(12(14,15)16)4-10(19-11)17-6-1-2-7-8(3-6)21-5-20-7/h1-4H,5H2,(H,17,18,19). The fraction of sp³-hybridized carbons (Fsp3) is 0.167. The molecule has 2 heterocycles. The third kappa shape index (κ3) is 2.94. The second-order valence-electron chi connectivity index (χ2n) is 4.10. The van der Waals surface area contributed by atoms with Crippen LogP contribution in [0.15, 0.2) is 24.3 Å². The van der Waals surface area contributed by atoms with Gasteiger partial charge in [-0.3, -0.25) is 0 Å². The minimum absolute atomic E-state index is 0.0683. The van der Waals surface area contributed by atoms with E-state index in [1.54, 1.807) is 18.2 Å². The number of aromatic nitrogens is 2. The van der Waals surface area contributed by atoms with Crippen LogP contribution in [0.4, 0.5) is 24.7 Å². The van der Waals surface area contributed by atoms with Crippen LogP contribution >= 0.6 is 11.6 Å². The lowest BCUT2D eigenvalue weighted by Gasteiger charge is -2.10. The van der Waals surface area contributed by atoms with Gasteiger partial charge in [0.25, 0.3) is 0 Å². The molecule has 0 saturated carbocycles. The first-order valence-corrected chi connectivity index (χ1v) is 6.08. The minimum atomic E-state index is -4.60. The van der Waals surface area contributed by atoms with Gasteiger partial charge in [0.2, 0.25) is 12.1 Å². The molecule has 1 aromatic carbocycles. The van der Waals surface area contributed by atoms with Crippen LogP contribution in [0.1, 0.15) is 5.69 Å². The first-order chi connectivity index (χ1) is 9.91. The van der Waals surface area contributed by atoms with Crippen molar-refractivity contribution in [2.75, 3.05) is 12.1 Å². The van der Waals surface area contributed by atoms with Gasteiger partial charge in [-0.25, -0.2) is 9.97 Å². The molecule has 0 radical (unpaired) electrons. The maximum atomic E-state index is 12.7. The van der Waals surface area contributed by atoms with Gasteiger partial charge >= 0.3 is 6.18 Å². The molecule has 5 nitrogen and oxygen atoms in total. The Bertz CT molecular complexity index is 694. The molecule has 1 N–H and O–H groups in total. The van der Waals surface area contributed by atoms with Crippen LogP contribution in [-0.4, -0.2) is 16.8 Å². The van der Waals surface area contributed by atoms with Crippen molar-refractivity contribution in [3.63, 3.8) is 0 Å². The molecule has 0 bridgehead atoms. The Morgan fingerprint density at radius 1 is 1.10 bits per heavy atom. The van der Waals surface area contributed by atoms with E-state index in [1.807, 2.05) is 0 Å². The predicted octanol–water partition coefficient (Wildman–Crippen LogP) is 3.62. The minimum Gasteiger partial charge on any atom is -0.454 e. The summed E-state index contributed by atoms with van der Waals surface area (Å²) in [5.41, 5.74) is -0.632. The first kappa shape index (κ1) is 13.7. The zero-order valence-corrected chi connectivity index (χ0v) is 11.0. The summed E-state index contributed by atoms with van der Waals surface area (Å²) in [6.07, 6.45) is -4.60. The van der Waals surface area contributed by atoms with Crippen molar-refractivity contribution in [2.45, 2.75) is 6.18 Å². The van der Waals surface area contributed by atoms with Crippen molar-refractivity contribution < 1.29 is 22.6 Å². The first-order valence-electron chi connectivity index (χ1n) is 5.70. The Morgan fingerprint density at radius 2 is 1.86 bits per heavy atom. The van der Waals surface area contributed by atoms with Crippen LogP contribution in [0.25, 0.3) is 0 Å². The van der Waals surface area contributed by atoms with Crippen molar-refractivity contribution in [1.82, 2.24) is 9.97 Å². The highest BCUT2D eigenvalue weighted by molar-refractivity contribution is 6.28. The molecule has 21 heavy (non-hydrogen) atoms. The molecule has 1 aromatic heterocycles. The van der Waals surface area contributed by atoms with Crippen LogP contribution in [-0.2, 0) is 6.18 Å². The van der Waals surface area contributed by atoms with E-state index in [0.29, 0.717) is 17.2 Å². The molecule has 0 aliphatic carbocycles. The van der Waals surface area contributed by atoms with E-state index in [0.717, 1.165) is 6.07 Å². The zero-order chi connectivity index (χ0) is 15.0. The molecule has 0 saturated heterocycles. The van der Waals surface area contributed by atoms with E-state index in [2.05, 4.69) is 15.3 Å². The number of fused-ring (bicyclic) bond motifs is 1. The van der Waals surface area contributed by atoms with Crippen molar-refractivity contribution in [3.8, 4) is 11.5 Å². The molecule has 0 atom stereocenters. The van der Waals surface area contributed by atoms with Crippen LogP contribution in [0.5, 0.6) is 11.5 Å². The lowest BCUT2D eigenvalue weighted by Crippen LogP contribution is -2.10. The molecule has 0 unspecified atom stereocenters. The number of nitrogens with one attached hydrogen (secondary N) is 1. The predicted molar refractivity (Wildman–Crippen MR) is 67.9 cm³/mol. The number of rotatable bonds is 2. The number of nitrogens with zero attached hydrogens (tertiary/aromatic N) is 2. The van der Waals surface area contributed by atoms with Crippen molar-refractivity contribution in [3.05, 3.63) is 35.2 Å². The van der Waals surface area contributed by atoms with Gasteiger partial charge in [0.15, 0.2) is 17.2 Å². The summed E-state index contributed by atoms with van der Waals surface area (Å²) in [5.74, 6) is 0.995. The van der Waals surface area contributed by atoms with Gasteiger partial charge < -0.3 is 14.8 Å². The Kier molecular flexibility index (Phi) is 3.25. The van der Waals surface area contributed by atoms with Crippen molar-refractivity contribution in [1.29, 1.82) is 0 Å². The Morgan fingerprint density at radius 3 is 2.62 bits per heavy atom. The third-order valence-electron chi connectivity index (χ3n) is 2.63. The lowest BCUT2D eigenvalue weighted by molar-refractivity contribution is -0.141. The van der Waals surface area contributed by atoms with Crippen LogP contribution in [0.2, 0.25) is 5.28 Å². The van der Waals surface area contributed by atoms with Gasteiger partial charge in [-0.1, -0.05) is 0 Å². The van der Waals surface area contributed by atoms with Gasteiger partial charge in [-0.15, -0.1) is 0 Å². The second-order valence-corrected chi connectivity index (χ2v) is 4.44. The Balaban J connectivity index is 1.89. The molecule has 0 amide bonds. The van der Waals surface area contributed by atoms with E-state index in [1.165, 1.54) is 0 Å². The quantitative estimate of drug-likeness (QED) is 0.857. The summed E-state index contributed by atoms with van der Waals surface area (Å²) in [7, 11) is 0. The molecular weight excluding hydrogens is 311 g/mol. The average Bonchev–Trinajstić information content (AvgIpc) is 2.84. The number of hydrogen-bond acceptors (Lipinski definition) is 5. The van der Waals surface area contributed by atoms with E-state index >= 15 is 0 Å². The maximum Gasteiger partial charge on any atom is 0.433 e. The number of benzene rings is 1. The van der Waals surface area contributed by atoms with Gasteiger partial charge in [0.1, 0.15) is 5.82 Å². The molecule has 110 valence electrons. The monoisotopic (exact) mass is 317 g/mol. The number of alkyl halides is 3. The van der Waals surface area contributed by atoms with Crippen LogP contribution < -0.4 is 14.8 Å². The third-order valence-corrected chi connectivity index (χ3v) is 2.80. The average molecular weight is 318 g/mol. The lowest BCUT2D eigenvalue weighted by atomic mass is 10.2. The largest absolute Gasteiger partial charge is 0.454 e. The molecule has 1 aliphatic heterocycles. The summed E-state index contributed by atoms with van der Waals surface area (Å²) < 4.78 is 48.3. The molecular formula is C12H7ClF3N3O2. The summed E-state index contributed by atoms with van der Waals surface area (Å²) in [6.45, 7) is 0.107. The smallest absolute Gasteiger partial charge is 0.433 e. The number of hydrogen-bond donors (Lipinski definition) is 1. The second kappa shape index (κ2) is 4.96. The van der Waals surface area contributed by atoms with Crippen LogP contribution in [0, 0.1) is 0 Å².